The number of fused-ring (bicyclic) bond motifs is 1. The van der Waals surface area contributed by atoms with Crippen LogP contribution in [0.3, 0.4) is 0 Å². The molecule has 1 aliphatic heterocycles. The van der Waals surface area contributed by atoms with Crippen LogP contribution in [0.4, 0.5) is 0 Å². The first-order valence-electron chi connectivity index (χ1n) is 8.49. The quantitative estimate of drug-likeness (QED) is 0.505. The van der Waals surface area contributed by atoms with Gasteiger partial charge in [-0.2, -0.15) is 0 Å². The van der Waals surface area contributed by atoms with Crippen molar-refractivity contribution >= 4 is 47.7 Å². The molecule has 1 aromatic heterocycles. The van der Waals surface area contributed by atoms with Crippen LogP contribution in [-0.4, -0.2) is 41.4 Å². The summed E-state index contributed by atoms with van der Waals surface area (Å²) in [6.45, 7) is 2.60. The van der Waals surface area contributed by atoms with Crippen LogP contribution < -0.4 is 16.4 Å². The molecule has 2 heterocycles. The topological polar surface area (TPSA) is 113 Å². The molecule has 7 nitrogen and oxygen atoms in total. The van der Waals surface area contributed by atoms with Crippen LogP contribution in [-0.2, 0) is 0 Å². The lowest BCUT2D eigenvalue weighted by molar-refractivity contribution is 0.0941. The molecule has 9 heteroatoms. The number of rotatable bonds is 5. The van der Waals surface area contributed by atoms with E-state index in [1.54, 1.807) is 24.3 Å². The van der Waals surface area contributed by atoms with Gasteiger partial charge < -0.3 is 21.4 Å². The molecule has 4 rings (SSSR count). The summed E-state index contributed by atoms with van der Waals surface area (Å²) >= 11 is 0. The molecule has 0 unspecified atom stereocenters. The van der Waals surface area contributed by atoms with Crippen LogP contribution in [0.15, 0.2) is 42.5 Å². The number of nitrogens with two attached hydrogens (primary N) is 1. The Kier molecular flexibility index (Phi) is 7.01. The minimum absolute atomic E-state index is 0. The molecule has 0 atom stereocenters. The Balaban J connectivity index is 0.00000140. The Morgan fingerprint density at radius 2 is 1.82 bits per heavy atom. The average molecular weight is 422 g/mol. The van der Waals surface area contributed by atoms with Gasteiger partial charge in [0.25, 0.3) is 11.8 Å². The number of para-hydroxylation sites is 1. The smallest absolute Gasteiger partial charge is 0.251 e. The fraction of sp³-hybridized carbons (Fsp3) is 0.211. The van der Waals surface area contributed by atoms with Crippen LogP contribution in [0.1, 0.15) is 20.7 Å². The molecule has 0 bridgehead atoms. The van der Waals surface area contributed by atoms with Gasteiger partial charge in [-0.05, 0) is 24.3 Å². The predicted molar refractivity (Wildman–Crippen MR) is 113 cm³/mol. The lowest BCUT2D eigenvalue weighted by Crippen LogP contribution is -2.48. The minimum atomic E-state index is -0.512. The maximum atomic E-state index is 12.2. The number of aromatic nitrogens is 2. The third kappa shape index (κ3) is 4.27. The van der Waals surface area contributed by atoms with E-state index in [-0.39, 0.29) is 30.7 Å². The van der Waals surface area contributed by atoms with Crippen molar-refractivity contribution in [3.05, 3.63) is 53.6 Å². The average Bonchev–Trinajstić information content (AvgIpc) is 3.04. The fourth-order valence-electron chi connectivity index (χ4n) is 2.98. The van der Waals surface area contributed by atoms with E-state index in [4.69, 9.17) is 5.73 Å². The molecule has 0 saturated carbocycles. The van der Waals surface area contributed by atoms with Crippen molar-refractivity contribution in [2.75, 3.05) is 19.6 Å². The van der Waals surface area contributed by atoms with Crippen LogP contribution >= 0.6 is 24.8 Å². The summed E-state index contributed by atoms with van der Waals surface area (Å²) in [5.74, 6) is 0.556. The second-order valence-corrected chi connectivity index (χ2v) is 6.46. The monoisotopic (exact) mass is 421 g/mol. The predicted octanol–water partition coefficient (Wildman–Crippen LogP) is 2.12. The Morgan fingerprint density at radius 1 is 1.11 bits per heavy atom. The SMILES string of the molecule is Cl.Cl.NC(=O)c1cccc2[nH]c(-c3ccc(C(=O)NCC4CNC4)cc3)nc12. The van der Waals surface area contributed by atoms with Gasteiger partial charge in [-0.15, -0.1) is 24.8 Å². The summed E-state index contributed by atoms with van der Waals surface area (Å²) in [7, 11) is 0. The molecule has 0 aliphatic carbocycles. The lowest BCUT2D eigenvalue weighted by atomic mass is 10.0. The Bertz CT molecular complexity index is 984. The summed E-state index contributed by atoms with van der Waals surface area (Å²) < 4.78 is 0. The second-order valence-electron chi connectivity index (χ2n) is 6.46. The van der Waals surface area contributed by atoms with E-state index in [0.29, 0.717) is 34.9 Å². The van der Waals surface area contributed by atoms with E-state index in [9.17, 15) is 9.59 Å². The largest absolute Gasteiger partial charge is 0.366 e. The van der Waals surface area contributed by atoms with Gasteiger partial charge in [0.2, 0.25) is 0 Å². The van der Waals surface area contributed by atoms with Gasteiger partial charge in [0.1, 0.15) is 11.3 Å². The molecule has 28 heavy (non-hydrogen) atoms. The van der Waals surface area contributed by atoms with Crippen molar-refractivity contribution in [1.29, 1.82) is 0 Å². The number of nitrogens with one attached hydrogen (secondary N) is 3. The maximum absolute atomic E-state index is 12.2. The number of amides is 2. The molecule has 0 radical (unpaired) electrons. The summed E-state index contributed by atoms with van der Waals surface area (Å²) in [4.78, 5) is 31.4. The van der Waals surface area contributed by atoms with Crippen LogP contribution in [0.5, 0.6) is 0 Å². The number of halogens is 2. The number of hydrogen-bond acceptors (Lipinski definition) is 4. The first-order chi connectivity index (χ1) is 12.6. The van der Waals surface area contributed by atoms with Gasteiger partial charge in [-0.25, -0.2) is 4.98 Å². The molecule has 2 aromatic carbocycles. The van der Waals surface area contributed by atoms with Crippen LogP contribution in [0.2, 0.25) is 0 Å². The number of H-pyrrole nitrogens is 1. The summed E-state index contributed by atoms with van der Waals surface area (Å²) in [6, 6.07) is 12.5. The van der Waals surface area contributed by atoms with E-state index in [1.807, 2.05) is 18.2 Å². The number of nitrogens with zero attached hydrogens (tertiary/aromatic N) is 1. The Labute approximate surface area is 174 Å². The molecule has 0 spiro atoms. The van der Waals surface area contributed by atoms with E-state index in [1.165, 1.54) is 0 Å². The molecule has 1 saturated heterocycles. The lowest BCUT2D eigenvalue weighted by Gasteiger charge is -2.27. The molecule has 148 valence electrons. The Morgan fingerprint density at radius 3 is 2.43 bits per heavy atom. The number of imidazole rings is 1. The number of hydrogen-bond donors (Lipinski definition) is 4. The highest BCUT2D eigenvalue weighted by atomic mass is 35.5. The van der Waals surface area contributed by atoms with Gasteiger partial charge in [0.05, 0.1) is 11.1 Å². The zero-order valence-corrected chi connectivity index (χ0v) is 16.5. The second kappa shape index (κ2) is 9.05. The van der Waals surface area contributed by atoms with Crippen LogP contribution in [0.25, 0.3) is 22.4 Å². The third-order valence-electron chi connectivity index (χ3n) is 4.62. The zero-order chi connectivity index (χ0) is 18.1. The number of benzene rings is 2. The molecular formula is C19H21Cl2N5O2. The third-order valence-corrected chi connectivity index (χ3v) is 4.62. The van der Waals surface area contributed by atoms with E-state index in [0.717, 1.165) is 24.2 Å². The minimum Gasteiger partial charge on any atom is -0.366 e. The van der Waals surface area contributed by atoms with E-state index >= 15 is 0 Å². The van der Waals surface area contributed by atoms with Gasteiger partial charge in [0, 0.05) is 36.7 Å². The number of primary amides is 1. The van der Waals surface area contributed by atoms with Crippen molar-refractivity contribution in [3.63, 3.8) is 0 Å². The molecule has 1 fully saturated rings. The summed E-state index contributed by atoms with van der Waals surface area (Å²) in [5, 5.41) is 6.13. The number of carbonyl (C=O) groups excluding carboxylic acids is 2. The van der Waals surface area contributed by atoms with E-state index < -0.39 is 5.91 Å². The van der Waals surface area contributed by atoms with Gasteiger partial charge in [-0.1, -0.05) is 18.2 Å². The van der Waals surface area contributed by atoms with Crippen molar-refractivity contribution in [2.45, 2.75) is 0 Å². The van der Waals surface area contributed by atoms with Gasteiger partial charge in [0.15, 0.2) is 0 Å². The van der Waals surface area contributed by atoms with Crippen molar-refractivity contribution in [2.24, 2.45) is 11.7 Å². The van der Waals surface area contributed by atoms with Crippen molar-refractivity contribution < 1.29 is 9.59 Å². The highest BCUT2D eigenvalue weighted by molar-refractivity contribution is 6.04. The summed E-state index contributed by atoms with van der Waals surface area (Å²) in [6.07, 6.45) is 0. The molecule has 3 aromatic rings. The molecule has 2 amide bonds. The van der Waals surface area contributed by atoms with E-state index in [2.05, 4.69) is 20.6 Å². The first-order valence-corrected chi connectivity index (χ1v) is 8.49. The maximum Gasteiger partial charge on any atom is 0.251 e. The molecular weight excluding hydrogens is 401 g/mol. The van der Waals surface area contributed by atoms with Gasteiger partial charge in [-0.3, -0.25) is 9.59 Å². The highest BCUT2D eigenvalue weighted by Crippen LogP contribution is 2.23. The first kappa shape index (κ1) is 21.7. The summed E-state index contributed by atoms with van der Waals surface area (Å²) in [5.41, 5.74) is 8.51. The zero-order valence-electron chi connectivity index (χ0n) is 14.9. The molecule has 1 aliphatic rings. The molecule has 5 N–H and O–H groups in total. The van der Waals surface area contributed by atoms with Crippen molar-refractivity contribution in [1.82, 2.24) is 20.6 Å². The van der Waals surface area contributed by atoms with Crippen LogP contribution in [0, 0.1) is 5.92 Å². The van der Waals surface area contributed by atoms with Crippen molar-refractivity contribution in [3.8, 4) is 11.4 Å². The highest BCUT2D eigenvalue weighted by Gasteiger charge is 2.18. The fourth-order valence-corrected chi connectivity index (χ4v) is 2.98. The Hall–Kier alpha value is -2.61. The number of carbonyl (C=O) groups is 2. The number of aromatic amines is 1. The standard InChI is InChI=1S/C19H19N5O2.2ClH/c20-17(25)14-2-1-3-15-16(14)24-18(23-15)12-4-6-13(7-5-12)19(26)22-10-11-8-21-9-11;;/h1-7,11,21H,8-10H2,(H2,20,25)(H,22,26)(H,23,24);2*1H. The van der Waals surface area contributed by atoms with Gasteiger partial charge >= 0.3 is 0 Å². The normalized spacial score (nSPS) is 13.1.